The first kappa shape index (κ1) is 16.9. The molecule has 1 fully saturated rings. The van der Waals surface area contributed by atoms with Crippen molar-refractivity contribution in [3.8, 4) is 11.5 Å². The van der Waals surface area contributed by atoms with Crippen LogP contribution >= 0.6 is 0 Å². The van der Waals surface area contributed by atoms with E-state index in [0.29, 0.717) is 17.2 Å². The predicted molar refractivity (Wildman–Crippen MR) is 96.6 cm³/mol. The molecule has 3 rings (SSSR count). The second-order valence-electron chi connectivity index (χ2n) is 5.76. The van der Waals surface area contributed by atoms with Crippen LogP contribution in [-0.4, -0.2) is 44.4 Å². The van der Waals surface area contributed by atoms with E-state index in [4.69, 9.17) is 9.47 Å². The van der Waals surface area contributed by atoms with Crippen LogP contribution in [0.3, 0.4) is 0 Å². The minimum absolute atomic E-state index is 0.0682. The van der Waals surface area contributed by atoms with Gasteiger partial charge in [0.05, 0.1) is 19.9 Å². The summed E-state index contributed by atoms with van der Waals surface area (Å²) in [5.41, 5.74) is 0.568. The molecule has 0 aliphatic carbocycles. The monoisotopic (exact) mass is 342 g/mol. The Kier molecular flexibility index (Phi) is 5.23. The quantitative estimate of drug-likeness (QED) is 0.873. The van der Waals surface area contributed by atoms with Crippen molar-refractivity contribution in [1.29, 1.82) is 0 Å². The number of ether oxygens (including phenoxy) is 2. The molecule has 2 amide bonds. The van der Waals surface area contributed by atoms with Crippen molar-refractivity contribution in [3.05, 3.63) is 42.6 Å². The van der Waals surface area contributed by atoms with Gasteiger partial charge >= 0.3 is 6.03 Å². The van der Waals surface area contributed by atoms with E-state index in [-0.39, 0.29) is 12.1 Å². The first-order valence-electron chi connectivity index (χ1n) is 8.15. The molecule has 1 atom stereocenters. The van der Waals surface area contributed by atoms with Crippen LogP contribution < -0.4 is 25.0 Å². The Hall–Kier alpha value is -2.96. The standard InChI is InChI=1S/C18H22N4O3/c1-24-15-7-5-6-14(17(15)25-2)21-18(23)20-13-9-11-22(12-13)16-8-3-4-10-19-16/h3-8,10,13H,9,11-12H2,1-2H3,(H2,20,21,23)/t13-/m1/s1. The zero-order valence-corrected chi connectivity index (χ0v) is 14.4. The third-order valence-electron chi connectivity index (χ3n) is 4.15. The molecule has 1 aromatic carbocycles. The minimum atomic E-state index is -0.264. The number of aromatic nitrogens is 1. The Morgan fingerprint density at radius 3 is 2.80 bits per heavy atom. The molecule has 1 saturated heterocycles. The van der Waals surface area contributed by atoms with Crippen LogP contribution in [0.5, 0.6) is 11.5 Å². The Morgan fingerprint density at radius 1 is 1.20 bits per heavy atom. The Morgan fingerprint density at radius 2 is 2.08 bits per heavy atom. The fourth-order valence-corrected chi connectivity index (χ4v) is 2.96. The fourth-order valence-electron chi connectivity index (χ4n) is 2.96. The number of hydrogen-bond acceptors (Lipinski definition) is 5. The molecule has 2 heterocycles. The van der Waals surface area contributed by atoms with Crippen molar-refractivity contribution in [3.63, 3.8) is 0 Å². The second-order valence-corrected chi connectivity index (χ2v) is 5.76. The molecule has 0 unspecified atom stereocenters. The summed E-state index contributed by atoms with van der Waals surface area (Å²) in [6.07, 6.45) is 2.65. The molecule has 0 spiro atoms. The van der Waals surface area contributed by atoms with Crippen molar-refractivity contribution in [1.82, 2.24) is 10.3 Å². The maximum Gasteiger partial charge on any atom is 0.319 e. The first-order chi connectivity index (χ1) is 12.2. The molecule has 25 heavy (non-hydrogen) atoms. The molecule has 2 aromatic rings. The summed E-state index contributed by atoms with van der Waals surface area (Å²) in [5.74, 6) is 2.01. The van der Waals surface area contributed by atoms with Gasteiger partial charge in [0.15, 0.2) is 11.5 Å². The number of pyridine rings is 1. The predicted octanol–water partition coefficient (Wildman–Crippen LogP) is 2.50. The fraction of sp³-hybridized carbons (Fsp3) is 0.333. The van der Waals surface area contributed by atoms with Crippen LogP contribution in [0.1, 0.15) is 6.42 Å². The van der Waals surface area contributed by atoms with Crippen LogP contribution in [0.2, 0.25) is 0 Å². The number of nitrogens with one attached hydrogen (secondary N) is 2. The number of para-hydroxylation sites is 1. The van der Waals surface area contributed by atoms with Gasteiger partial charge in [0, 0.05) is 25.3 Å². The molecular formula is C18H22N4O3. The van der Waals surface area contributed by atoms with E-state index in [1.54, 1.807) is 38.6 Å². The second kappa shape index (κ2) is 7.74. The summed E-state index contributed by atoms with van der Waals surface area (Å²) in [6, 6.07) is 11.0. The van der Waals surface area contributed by atoms with Crippen molar-refractivity contribution >= 4 is 17.5 Å². The number of methoxy groups -OCH3 is 2. The highest BCUT2D eigenvalue weighted by Crippen LogP contribution is 2.34. The van der Waals surface area contributed by atoms with E-state index in [2.05, 4.69) is 20.5 Å². The highest BCUT2D eigenvalue weighted by molar-refractivity contribution is 5.91. The maximum absolute atomic E-state index is 12.3. The highest BCUT2D eigenvalue weighted by atomic mass is 16.5. The third kappa shape index (κ3) is 3.93. The number of carbonyl (C=O) groups excluding carboxylic acids is 1. The largest absolute Gasteiger partial charge is 0.493 e. The maximum atomic E-state index is 12.3. The summed E-state index contributed by atoms with van der Waals surface area (Å²) < 4.78 is 10.6. The lowest BCUT2D eigenvalue weighted by atomic mass is 10.2. The van der Waals surface area contributed by atoms with Crippen molar-refractivity contribution in [2.75, 3.05) is 37.5 Å². The van der Waals surface area contributed by atoms with Gasteiger partial charge in [0.2, 0.25) is 0 Å². The number of rotatable bonds is 5. The highest BCUT2D eigenvalue weighted by Gasteiger charge is 2.25. The summed E-state index contributed by atoms with van der Waals surface area (Å²) in [7, 11) is 3.11. The number of amides is 2. The zero-order valence-electron chi connectivity index (χ0n) is 14.4. The Bertz CT molecular complexity index is 724. The van der Waals surface area contributed by atoms with E-state index in [1.807, 2.05) is 18.2 Å². The van der Waals surface area contributed by atoms with Crippen molar-refractivity contribution < 1.29 is 14.3 Å². The number of carbonyl (C=O) groups is 1. The van der Waals surface area contributed by atoms with Gasteiger partial charge in [-0.25, -0.2) is 9.78 Å². The SMILES string of the molecule is COc1cccc(NC(=O)N[C@@H]2CCN(c3ccccn3)C2)c1OC. The summed E-state index contributed by atoms with van der Waals surface area (Å²) in [5, 5.41) is 5.83. The lowest BCUT2D eigenvalue weighted by Gasteiger charge is -2.18. The van der Waals surface area contributed by atoms with Crippen LogP contribution in [0.15, 0.2) is 42.6 Å². The Balaban J connectivity index is 1.59. The number of hydrogen-bond donors (Lipinski definition) is 2. The smallest absolute Gasteiger partial charge is 0.319 e. The lowest BCUT2D eigenvalue weighted by Crippen LogP contribution is -2.39. The molecule has 7 heteroatoms. The third-order valence-corrected chi connectivity index (χ3v) is 4.15. The van der Waals surface area contributed by atoms with Gasteiger partial charge in [-0.3, -0.25) is 0 Å². The van der Waals surface area contributed by atoms with Gasteiger partial charge < -0.3 is 25.0 Å². The van der Waals surface area contributed by atoms with Crippen LogP contribution in [0.25, 0.3) is 0 Å². The van der Waals surface area contributed by atoms with E-state index in [9.17, 15) is 4.79 Å². The normalized spacial score (nSPS) is 16.4. The average molecular weight is 342 g/mol. The van der Waals surface area contributed by atoms with E-state index in [1.165, 1.54) is 0 Å². The van der Waals surface area contributed by atoms with Gasteiger partial charge in [-0.2, -0.15) is 0 Å². The van der Waals surface area contributed by atoms with E-state index >= 15 is 0 Å². The average Bonchev–Trinajstić information content (AvgIpc) is 3.10. The number of benzene rings is 1. The summed E-state index contributed by atoms with van der Waals surface area (Å²) >= 11 is 0. The molecule has 0 saturated carbocycles. The van der Waals surface area contributed by atoms with E-state index < -0.39 is 0 Å². The molecule has 0 bridgehead atoms. The van der Waals surface area contributed by atoms with Crippen molar-refractivity contribution in [2.24, 2.45) is 0 Å². The molecule has 1 aliphatic heterocycles. The first-order valence-corrected chi connectivity index (χ1v) is 8.15. The minimum Gasteiger partial charge on any atom is -0.493 e. The van der Waals surface area contributed by atoms with Crippen molar-refractivity contribution in [2.45, 2.75) is 12.5 Å². The van der Waals surface area contributed by atoms with Gasteiger partial charge in [0.25, 0.3) is 0 Å². The summed E-state index contributed by atoms with van der Waals surface area (Å²) in [6.45, 7) is 1.60. The molecule has 132 valence electrons. The van der Waals surface area contributed by atoms with E-state index in [0.717, 1.165) is 25.3 Å². The number of nitrogens with zero attached hydrogens (tertiary/aromatic N) is 2. The van der Waals surface area contributed by atoms with Gasteiger partial charge in [-0.1, -0.05) is 12.1 Å². The topological polar surface area (TPSA) is 75.7 Å². The Labute approximate surface area is 147 Å². The van der Waals surface area contributed by atoms with Gasteiger partial charge in [-0.05, 0) is 30.7 Å². The molecule has 1 aliphatic rings. The van der Waals surface area contributed by atoms with Crippen LogP contribution in [0, 0.1) is 0 Å². The van der Waals surface area contributed by atoms with Gasteiger partial charge in [-0.15, -0.1) is 0 Å². The molecule has 0 radical (unpaired) electrons. The zero-order chi connectivity index (χ0) is 17.6. The lowest BCUT2D eigenvalue weighted by molar-refractivity contribution is 0.249. The number of urea groups is 1. The van der Waals surface area contributed by atoms with Crippen LogP contribution in [-0.2, 0) is 0 Å². The number of anilines is 2. The molecule has 1 aromatic heterocycles. The summed E-state index contributed by atoms with van der Waals surface area (Å²) in [4.78, 5) is 18.8. The van der Waals surface area contributed by atoms with Gasteiger partial charge in [0.1, 0.15) is 5.82 Å². The molecular weight excluding hydrogens is 320 g/mol. The van der Waals surface area contributed by atoms with Crippen LogP contribution in [0.4, 0.5) is 16.3 Å². The molecule has 2 N–H and O–H groups in total. The molecule has 7 nitrogen and oxygen atoms in total.